The van der Waals surface area contributed by atoms with Gasteiger partial charge in [0.15, 0.2) is 11.0 Å². The second kappa shape index (κ2) is 6.93. The van der Waals surface area contributed by atoms with Gasteiger partial charge in [0.25, 0.3) is 0 Å². The van der Waals surface area contributed by atoms with E-state index < -0.39 is 0 Å². The maximum Gasteiger partial charge on any atom is 0.196 e. The molecular formula is C16H13ClN4OS. The fourth-order valence-electron chi connectivity index (χ4n) is 2.04. The van der Waals surface area contributed by atoms with Gasteiger partial charge in [-0.3, -0.25) is 14.3 Å². The Hall–Kier alpha value is -2.18. The van der Waals surface area contributed by atoms with Crippen molar-refractivity contribution in [2.24, 2.45) is 0 Å². The fourth-order valence-corrected chi connectivity index (χ4v) is 2.92. The van der Waals surface area contributed by atoms with Gasteiger partial charge < -0.3 is 0 Å². The van der Waals surface area contributed by atoms with Crippen LogP contribution in [0.5, 0.6) is 0 Å². The summed E-state index contributed by atoms with van der Waals surface area (Å²) in [5, 5.41) is 9.84. The third-order valence-corrected chi connectivity index (χ3v) is 4.39. The van der Waals surface area contributed by atoms with Crippen LogP contribution in [0, 0.1) is 0 Å². The number of hydrogen-bond acceptors (Lipinski definition) is 5. The number of benzene rings is 1. The van der Waals surface area contributed by atoms with E-state index in [2.05, 4.69) is 15.2 Å². The summed E-state index contributed by atoms with van der Waals surface area (Å²) in [5.74, 6) is 1.13. The normalized spacial score (nSPS) is 10.7. The van der Waals surface area contributed by atoms with Crippen molar-refractivity contribution in [2.75, 3.05) is 5.75 Å². The van der Waals surface area contributed by atoms with Crippen molar-refractivity contribution in [1.29, 1.82) is 0 Å². The van der Waals surface area contributed by atoms with Crippen LogP contribution in [0.15, 0.2) is 53.9 Å². The Bertz CT molecular complexity index is 818. The smallest absolute Gasteiger partial charge is 0.196 e. The number of aromatic nitrogens is 4. The standard InChI is InChI=1S/C16H13ClN4OS/c1-11(22)10-23-16-20-19-15(12-6-8-18-9-7-12)21(16)14-4-2-13(17)3-5-14/h2-9H,10H2,1H3. The highest BCUT2D eigenvalue weighted by Gasteiger charge is 2.16. The quantitative estimate of drug-likeness (QED) is 0.661. The van der Waals surface area contributed by atoms with Crippen molar-refractivity contribution in [3.8, 4) is 17.1 Å². The molecule has 0 amide bonds. The molecule has 0 N–H and O–H groups in total. The van der Waals surface area contributed by atoms with Gasteiger partial charge in [0.05, 0.1) is 5.75 Å². The number of carbonyl (C=O) groups is 1. The highest BCUT2D eigenvalue weighted by Crippen LogP contribution is 2.28. The van der Waals surface area contributed by atoms with Gasteiger partial charge in [0, 0.05) is 28.7 Å². The maximum absolute atomic E-state index is 11.3. The van der Waals surface area contributed by atoms with E-state index in [1.54, 1.807) is 19.3 Å². The largest absolute Gasteiger partial charge is 0.299 e. The van der Waals surface area contributed by atoms with E-state index in [-0.39, 0.29) is 5.78 Å². The number of ketones is 1. The van der Waals surface area contributed by atoms with Gasteiger partial charge in [0.1, 0.15) is 5.78 Å². The molecule has 0 bridgehead atoms. The second-order valence-corrected chi connectivity index (χ2v) is 6.22. The zero-order valence-electron chi connectivity index (χ0n) is 12.3. The van der Waals surface area contributed by atoms with Crippen LogP contribution < -0.4 is 0 Å². The topological polar surface area (TPSA) is 60.7 Å². The summed E-state index contributed by atoms with van der Waals surface area (Å²) in [6.45, 7) is 1.56. The van der Waals surface area contributed by atoms with Gasteiger partial charge in [-0.1, -0.05) is 23.4 Å². The summed E-state index contributed by atoms with van der Waals surface area (Å²) in [4.78, 5) is 15.3. The molecule has 0 aliphatic rings. The molecule has 0 saturated carbocycles. The number of nitrogens with zero attached hydrogens (tertiary/aromatic N) is 4. The molecule has 0 aliphatic heterocycles. The number of pyridine rings is 1. The molecule has 2 heterocycles. The zero-order valence-corrected chi connectivity index (χ0v) is 13.9. The van der Waals surface area contributed by atoms with Crippen molar-refractivity contribution in [3.63, 3.8) is 0 Å². The first-order chi connectivity index (χ1) is 11.1. The Morgan fingerprint density at radius 2 is 1.83 bits per heavy atom. The van der Waals surface area contributed by atoms with Crippen molar-refractivity contribution >= 4 is 29.1 Å². The minimum atomic E-state index is 0.0890. The molecule has 3 aromatic rings. The molecule has 2 aromatic heterocycles. The molecule has 1 aromatic carbocycles. The SMILES string of the molecule is CC(=O)CSc1nnc(-c2ccncc2)n1-c1ccc(Cl)cc1. The predicted molar refractivity (Wildman–Crippen MR) is 91.0 cm³/mol. The lowest BCUT2D eigenvalue weighted by Gasteiger charge is -2.10. The molecular weight excluding hydrogens is 332 g/mol. The molecule has 0 spiro atoms. The van der Waals surface area contributed by atoms with Gasteiger partial charge >= 0.3 is 0 Å². The van der Waals surface area contributed by atoms with E-state index in [0.29, 0.717) is 21.8 Å². The van der Waals surface area contributed by atoms with E-state index >= 15 is 0 Å². The first kappa shape index (κ1) is 15.7. The van der Waals surface area contributed by atoms with Crippen LogP contribution >= 0.6 is 23.4 Å². The molecule has 23 heavy (non-hydrogen) atoms. The van der Waals surface area contributed by atoms with E-state index in [4.69, 9.17) is 11.6 Å². The number of halogens is 1. The van der Waals surface area contributed by atoms with Crippen molar-refractivity contribution in [1.82, 2.24) is 19.7 Å². The molecule has 5 nitrogen and oxygen atoms in total. The number of thioether (sulfide) groups is 1. The van der Waals surface area contributed by atoms with Crippen LogP contribution in [-0.2, 0) is 4.79 Å². The summed E-state index contributed by atoms with van der Waals surface area (Å²) in [6.07, 6.45) is 3.41. The molecule has 7 heteroatoms. The van der Waals surface area contributed by atoms with Crippen molar-refractivity contribution < 1.29 is 4.79 Å². The molecule has 0 radical (unpaired) electrons. The number of hydrogen-bond donors (Lipinski definition) is 0. The molecule has 0 unspecified atom stereocenters. The van der Waals surface area contributed by atoms with E-state index in [9.17, 15) is 4.79 Å². The van der Waals surface area contributed by atoms with Gasteiger partial charge in [-0.15, -0.1) is 10.2 Å². The Morgan fingerprint density at radius 1 is 1.13 bits per heavy atom. The Balaban J connectivity index is 2.10. The van der Waals surface area contributed by atoms with Crippen molar-refractivity contribution in [2.45, 2.75) is 12.1 Å². The summed E-state index contributed by atoms with van der Waals surface area (Å²) in [5.41, 5.74) is 1.79. The molecule has 3 rings (SSSR count). The van der Waals surface area contributed by atoms with E-state index in [1.165, 1.54) is 11.8 Å². The monoisotopic (exact) mass is 344 g/mol. The lowest BCUT2D eigenvalue weighted by atomic mass is 10.2. The molecule has 116 valence electrons. The molecule has 0 fully saturated rings. The van der Waals surface area contributed by atoms with Crippen molar-refractivity contribution in [3.05, 3.63) is 53.8 Å². The highest BCUT2D eigenvalue weighted by molar-refractivity contribution is 7.99. The summed E-state index contributed by atoms with van der Waals surface area (Å²) in [6, 6.07) is 11.2. The summed E-state index contributed by atoms with van der Waals surface area (Å²) >= 11 is 7.33. The molecule has 0 aliphatic carbocycles. The second-order valence-electron chi connectivity index (χ2n) is 4.84. The van der Waals surface area contributed by atoms with Gasteiger partial charge in [-0.2, -0.15) is 0 Å². The van der Waals surface area contributed by atoms with Crippen LogP contribution in [0.3, 0.4) is 0 Å². The average molecular weight is 345 g/mol. The Kier molecular flexibility index (Phi) is 4.73. The van der Waals surface area contributed by atoms with E-state index in [0.717, 1.165) is 11.3 Å². The van der Waals surface area contributed by atoms with Crippen LogP contribution in [0.25, 0.3) is 17.1 Å². The van der Waals surface area contributed by atoms with Gasteiger partial charge in [0.2, 0.25) is 0 Å². The van der Waals surface area contributed by atoms with E-state index in [1.807, 2.05) is 41.0 Å². The van der Waals surface area contributed by atoms with Gasteiger partial charge in [-0.25, -0.2) is 0 Å². The predicted octanol–water partition coefficient (Wildman–Crippen LogP) is 3.66. The third-order valence-electron chi connectivity index (χ3n) is 3.06. The molecule has 0 atom stereocenters. The van der Waals surface area contributed by atoms with Crippen LogP contribution in [0.2, 0.25) is 5.02 Å². The first-order valence-corrected chi connectivity index (χ1v) is 8.25. The minimum absolute atomic E-state index is 0.0890. The molecule has 0 saturated heterocycles. The lowest BCUT2D eigenvalue weighted by molar-refractivity contribution is -0.114. The van der Waals surface area contributed by atoms with Crippen LogP contribution in [-0.4, -0.2) is 31.3 Å². The summed E-state index contributed by atoms with van der Waals surface area (Å²) < 4.78 is 1.92. The van der Waals surface area contributed by atoms with Crippen LogP contribution in [0.4, 0.5) is 0 Å². The number of carbonyl (C=O) groups excluding carboxylic acids is 1. The maximum atomic E-state index is 11.3. The van der Waals surface area contributed by atoms with Gasteiger partial charge in [-0.05, 0) is 43.3 Å². The number of rotatable bonds is 5. The lowest BCUT2D eigenvalue weighted by Crippen LogP contribution is -2.01. The minimum Gasteiger partial charge on any atom is -0.299 e. The average Bonchev–Trinajstić information content (AvgIpc) is 2.98. The first-order valence-electron chi connectivity index (χ1n) is 6.89. The number of Topliss-reactive ketones (excluding diaryl/α,β-unsaturated/α-hetero) is 1. The Labute approximate surface area is 142 Å². The van der Waals surface area contributed by atoms with Crippen LogP contribution in [0.1, 0.15) is 6.92 Å². The summed E-state index contributed by atoms with van der Waals surface area (Å²) in [7, 11) is 0. The third kappa shape index (κ3) is 3.60. The fraction of sp³-hybridized carbons (Fsp3) is 0.125. The highest BCUT2D eigenvalue weighted by atomic mass is 35.5. The zero-order chi connectivity index (χ0) is 16.2. The Morgan fingerprint density at radius 3 is 2.48 bits per heavy atom.